The van der Waals surface area contributed by atoms with Crippen molar-refractivity contribution in [2.45, 2.75) is 17.1 Å². The van der Waals surface area contributed by atoms with Crippen LogP contribution in [0.1, 0.15) is 11.4 Å². The zero-order chi connectivity index (χ0) is 14.0. The SMILES string of the molecule is Nn1c(SCc2cccc(Br)c2)nnc1C(F)(F)F. The molecule has 9 heteroatoms. The van der Waals surface area contributed by atoms with Crippen molar-refractivity contribution >= 4 is 27.7 Å². The van der Waals surface area contributed by atoms with E-state index in [0.717, 1.165) is 21.8 Å². The number of hydrogen-bond acceptors (Lipinski definition) is 4. The molecular weight excluding hydrogens is 345 g/mol. The number of rotatable bonds is 3. The van der Waals surface area contributed by atoms with Crippen LogP contribution in [0.5, 0.6) is 0 Å². The number of hydrogen-bond donors (Lipinski definition) is 1. The molecule has 1 aromatic carbocycles. The number of aromatic nitrogens is 3. The lowest BCUT2D eigenvalue weighted by atomic mass is 10.2. The van der Waals surface area contributed by atoms with Crippen molar-refractivity contribution in [3.63, 3.8) is 0 Å². The molecule has 0 bridgehead atoms. The van der Waals surface area contributed by atoms with Crippen LogP contribution in [0.2, 0.25) is 0 Å². The predicted molar refractivity (Wildman–Crippen MR) is 68.9 cm³/mol. The van der Waals surface area contributed by atoms with Crippen molar-refractivity contribution in [3.05, 3.63) is 40.1 Å². The standard InChI is InChI=1S/C10H8BrF3N4S/c11-7-3-1-2-6(4-7)5-19-9-17-16-8(18(9)15)10(12,13)14/h1-4H,5,15H2. The number of nitrogens with two attached hydrogens (primary N) is 1. The molecular formula is C10H8BrF3N4S. The van der Waals surface area contributed by atoms with Gasteiger partial charge in [-0.05, 0) is 17.7 Å². The zero-order valence-corrected chi connectivity index (χ0v) is 11.8. The average molecular weight is 353 g/mol. The number of thioether (sulfide) groups is 1. The van der Waals surface area contributed by atoms with Gasteiger partial charge < -0.3 is 5.84 Å². The Morgan fingerprint density at radius 1 is 1.32 bits per heavy atom. The first-order valence-corrected chi connectivity index (χ1v) is 6.80. The number of nitrogens with zero attached hydrogens (tertiary/aromatic N) is 3. The minimum absolute atomic E-state index is 0.0206. The maximum absolute atomic E-state index is 12.5. The minimum atomic E-state index is -4.60. The molecule has 1 aromatic heterocycles. The summed E-state index contributed by atoms with van der Waals surface area (Å²) in [6, 6.07) is 7.43. The second-order valence-electron chi connectivity index (χ2n) is 3.59. The van der Waals surface area contributed by atoms with E-state index >= 15 is 0 Å². The van der Waals surface area contributed by atoms with Crippen molar-refractivity contribution in [1.82, 2.24) is 14.9 Å². The van der Waals surface area contributed by atoms with Crippen LogP contribution in [0.25, 0.3) is 0 Å². The highest BCUT2D eigenvalue weighted by Crippen LogP contribution is 2.30. The Bertz CT molecular complexity index is 584. The third-order valence-electron chi connectivity index (χ3n) is 2.18. The summed E-state index contributed by atoms with van der Waals surface area (Å²) in [5, 5.41) is 6.51. The van der Waals surface area contributed by atoms with E-state index < -0.39 is 12.0 Å². The largest absolute Gasteiger partial charge is 0.453 e. The maximum Gasteiger partial charge on any atom is 0.453 e. The second kappa shape index (κ2) is 5.41. The molecule has 0 radical (unpaired) electrons. The molecule has 0 saturated carbocycles. The Balaban J connectivity index is 2.11. The predicted octanol–water partition coefficient (Wildman–Crippen LogP) is 3.07. The monoisotopic (exact) mass is 352 g/mol. The maximum atomic E-state index is 12.5. The van der Waals surface area contributed by atoms with Crippen molar-refractivity contribution in [3.8, 4) is 0 Å². The van der Waals surface area contributed by atoms with Gasteiger partial charge in [0.05, 0.1) is 0 Å². The summed E-state index contributed by atoms with van der Waals surface area (Å²) < 4.78 is 38.7. The van der Waals surface area contributed by atoms with Gasteiger partial charge >= 0.3 is 6.18 Å². The van der Waals surface area contributed by atoms with Crippen LogP contribution in [-0.4, -0.2) is 14.9 Å². The first-order chi connectivity index (χ1) is 8.88. The minimum Gasteiger partial charge on any atom is -0.335 e. The third kappa shape index (κ3) is 3.41. The topological polar surface area (TPSA) is 56.7 Å². The zero-order valence-electron chi connectivity index (χ0n) is 9.36. The van der Waals surface area contributed by atoms with Gasteiger partial charge in [-0.1, -0.05) is 39.8 Å². The molecule has 0 atom stereocenters. The Morgan fingerprint density at radius 2 is 2.05 bits per heavy atom. The lowest BCUT2D eigenvalue weighted by Crippen LogP contribution is -2.21. The summed E-state index contributed by atoms with van der Waals surface area (Å²) in [5.41, 5.74) is 0.941. The summed E-state index contributed by atoms with van der Waals surface area (Å²) in [6.45, 7) is 0. The molecule has 0 fully saturated rings. The summed E-state index contributed by atoms with van der Waals surface area (Å²) in [5.74, 6) is 4.57. The fourth-order valence-electron chi connectivity index (χ4n) is 1.34. The molecule has 19 heavy (non-hydrogen) atoms. The van der Waals surface area contributed by atoms with Crippen molar-refractivity contribution in [2.75, 3.05) is 5.84 Å². The smallest absolute Gasteiger partial charge is 0.335 e. The quantitative estimate of drug-likeness (QED) is 0.681. The van der Waals surface area contributed by atoms with E-state index in [-0.39, 0.29) is 5.16 Å². The average Bonchev–Trinajstić information content (AvgIpc) is 2.68. The summed E-state index contributed by atoms with van der Waals surface area (Å²) in [4.78, 5) is 0. The highest BCUT2D eigenvalue weighted by atomic mass is 79.9. The van der Waals surface area contributed by atoms with Crippen molar-refractivity contribution in [1.29, 1.82) is 0 Å². The van der Waals surface area contributed by atoms with Gasteiger partial charge in [0.15, 0.2) is 0 Å². The van der Waals surface area contributed by atoms with Crippen LogP contribution in [0.3, 0.4) is 0 Å². The normalized spacial score (nSPS) is 11.8. The fraction of sp³-hybridized carbons (Fsp3) is 0.200. The van der Waals surface area contributed by atoms with Gasteiger partial charge in [-0.3, -0.25) is 0 Å². The molecule has 4 nitrogen and oxygen atoms in total. The van der Waals surface area contributed by atoms with Crippen LogP contribution < -0.4 is 5.84 Å². The van der Waals surface area contributed by atoms with Crippen molar-refractivity contribution < 1.29 is 13.2 Å². The number of benzene rings is 1. The van der Waals surface area contributed by atoms with E-state index in [2.05, 4.69) is 26.1 Å². The van der Waals surface area contributed by atoms with Gasteiger partial charge in [0.1, 0.15) is 0 Å². The molecule has 0 aliphatic rings. The Hall–Kier alpha value is -1.22. The molecule has 0 spiro atoms. The molecule has 102 valence electrons. The summed E-state index contributed by atoms with van der Waals surface area (Å²) >= 11 is 4.41. The van der Waals surface area contributed by atoms with Gasteiger partial charge in [-0.2, -0.15) is 13.2 Å². The van der Waals surface area contributed by atoms with Crippen molar-refractivity contribution in [2.24, 2.45) is 0 Å². The second-order valence-corrected chi connectivity index (χ2v) is 5.45. The molecule has 2 N–H and O–H groups in total. The van der Waals surface area contributed by atoms with E-state index in [1.807, 2.05) is 24.3 Å². The first-order valence-electron chi connectivity index (χ1n) is 5.03. The van der Waals surface area contributed by atoms with E-state index in [1.165, 1.54) is 0 Å². The number of halogens is 4. The third-order valence-corrected chi connectivity index (χ3v) is 3.68. The van der Waals surface area contributed by atoms with E-state index in [4.69, 9.17) is 5.84 Å². The Morgan fingerprint density at radius 3 is 2.63 bits per heavy atom. The lowest BCUT2D eigenvalue weighted by molar-refractivity contribution is -0.146. The lowest BCUT2D eigenvalue weighted by Gasteiger charge is -2.06. The fourth-order valence-corrected chi connectivity index (χ4v) is 2.59. The van der Waals surface area contributed by atoms with Crippen LogP contribution in [0.4, 0.5) is 13.2 Å². The number of alkyl halides is 3. The van der Waals surface area contributed by atoms with Crippen LogP contribution in [0.15, 0.2) is 33.9 Å². The first kappa shape index (κ1) is 14.2. The molecule has 0 saturated heterocycles. The van der Waals surface area contributed by atoms with Gasteiger partial charge in [0, 0.05) is 10.2 Å². The Kier molecular flexibility index (Phi) is 4.04. The molecule has 0 aliphatic carbocycles. The van der Waals surface area contributed by atoms with Gasteiger partial charge in [-0.25, -0.2) is 4.68 Å². The summed E-state index contributed by atoms with van der Waals surface area (Å²) in [7, 11) is 0. The van der Waals surface area contributed by atoms with Gasteiger partial charge in [0.2, 0.25) is 5.16 Å². The molecule has 2 aromatic rings. The van der Waals surface area contributed by atoms with Gasteiger partial charge in [-0.15, -0.1) is 10.2 Å². The van der Waals surface area contributed by atoms with E-state index in [1.54, 1.807) is 0 Å². The van der Waals surface area contributed by atoms with Crippen LogP contribution >= 0.6 is 27.7 Å². The molecule has 2 rings (SSSR count). The van der Waals surface area contributed by atoms with E-state index in [9.17, 15) is 13.2 Å². The molecule has 1 heterocycles. The Labute approximate surface area is 119 Å². The number of nitrogen functional groups attached to an aromatic ring is 1. The molecule has 0 unspecified atom stereocenters. The van der Waals surface area contributed by atoms with Crippen LogP contribution in [0, 0.1) is 0 Å². The highest BCUT2D eigenvalue weighted by molar-refractivity contribution is 9.10. The highest BCUT2D eigenvalue weighted by Gasteiger charge is 2.38. The van der Waals surface area contributed by atoms with E-state index in [0.29, 0.717) is 10.4 Å². The summed E-state index contributed by atoms with van der Waals surface area (Å²) in [6.07, 6.45) is -4.60. The molecule has 0 aliphatic heterocycles. The van der Waals surface area contributed by atoms with Gasteiger partial charge in [0.25, 0.3) is 5.82 Å². The van der Waals surface area contributed by atoms with Crippen LogP contribution in [-0.2, 0) is 11.9 Å². The molecule has 0 amide bonds.